The van der Waals surface area contributed by atoms with E-state index in [2.05, 4.69) is 5.32 Å². The SMILES string of the molecule is CC1(C)OB(c2ccc3c(c2)C(=O)NCCC3)OC1(C)C. The Kier molecular flexibility index (Phi) is 3.37. The number of aryl methyl sites for hydroxylation is 1. The summed E-state index contributed by atoms with van der Waals surface area (Å²) in [4.78, 5) is 12.1. The maximum Gasteiger partial charge on any atom is 0.494 e. The van der Waals surface area contributed by atoms with Crippen LogP contribution in [0.15, 0.2) is 18.2 Å². The zero-order valence-corrected chi connectivity index (χ0v) is 13.2. The number of benzene rings is 1. The molecule has 5 heteroatoms. The molecule has 3 rings (SSSR count). The highest BCUT2D eigenvalue weighted by atomic mass is 16.7. The zero-order valence-electron chi connectivity index (χ0n) is 13.2. The van der Waals surface area contributed by atoms with E-state index in [4.69, 9.17) is 9.31 Å². The number of hydrogen-bond acceptors (Lipinski definition) is 3. The van der Waals surface area contributed by atoms with Gasteiger partial charge < -0.3 is 14.6 Å². The average molecular weight is 287 g/mol. The van der Waals surface area contributed by atoms with E-state index in [0.29, 0.717) is 0 Å². The van der Waals surface area contributed by atoms with Crippen molar-refractivity contribution in [2.24, 2.45) is 0 Å². The second-order valence-corrected chi connectivity index (χ2v) is 6.86. The lowest BCUT2D eigenvalue weighted by Gasteiger charge is -2.32. The molecule has 0 bridgehead atoms. The predicted molar refractivity (Wildman–Crippen MR) is 82.8 cm³/mol. The molecule has 0 unspecified atom stereocenters. The Morgan fingerprint density at radius 1 is 1.14 bits per heavy atom. The fourth-order valence-corrected chi connectivity index (χ4v) is 2.73. The van der Waals surface area contributed by atoms with Crippen LogP contribution in [0.3, 0.4) is 0 Å². The third-order valence-corrected chi connectivity index (χ3v) is 4.81. The van der Waals surface area contributed by atoms with Gasteiger partial charge in [-0.3, -0.25) is 4.79 Å². The summed E-state index contributed by atoms with van der Waals surface area (Å²) in [6, 6.07) is 5.96. The van der Waals surface area contributed by atoms with Crippen LogP contribution in [0.25, 0.3) is 0 Å². The van der Waals surface area contributed by atoms with E-state index in [1.54, 1.807) is 0 Å². The molecule has 0 aliphatic carbocycles. The number of carbonyl (C=O) groups is 1. The Morgan fingerprint density at radius 3 is 2.48 bits per heavy atom. The summed E-state index contributed by atoms with van der Waals surface area (Å²) in [5.74, 6) is 0.000803. The smallest absolute Gasteiger partial charge is 0.399 e. The molecule has 112 valence electrons. The van der Waals surface area contributed by atoms with Crippen molar-refractivity contribution < 1.29 is 14.1 Å². The van der Waals surface area contributed by atoms with Crippen molar-refractivity contribution in [2.45, 2.75) is 51.7 Å². The van der Waals surface area contributed by atoms with Gasteiger partial charge in [-0.05, 0) is 57.6 Å². The van der Waals surface area contributed by atoms with Crippen molar-refractivity contribution in [1.29, 1.82) is 0 Å². The third kappa shape index (κ3) is 2.49. The first-order chi connectivity index (χ1) is 9.80. The molecule has 1 saturated heterocycles. The number of fused-ring (bicyclic) bond motifs is 1. The minimum atomic E-state index is -0.420. The summed E-state index contributed by atoms with van der Waals surface area (Å²) in [7, 11) is -0.420. The molecule has 0 atom stereocenters. The summed E-state index contributed by atoms with van der Waals surface area (Å²) in [6.07, 6.45) is 1.91. The second kappa shape index (κ2) is 4.85. The van der Waals surface area contributed by atoms with Crippen molar-refractivity contribution in [3.63, 3.8) is 0 Å². The molecule has 0 aromatic heterocycles. The first-order valence-corrected chi connectivity index (χ1v) is 7.57. The van der Waals surface area contributed by atoms with Crippen LogP contribution in [-0.2, 0) is 15.7 Å². The van der Waals surface area contributed by atoms with E-state index in [9.17, 15) is 4.79 Å². The number of rotatable bonds is 1. The van der Waals surface area contributed by atoms with Gasteiger partial charge in [0.25, 0.3) is 5.91 Å². The number of hydrogen-bond donors (Lipinski definition) is 1. The first-order valence-electron chi connectivity index (χ1n) is 7.57. The van der Waals surface area contributed by atoms with Gasteiger partial charge in [-0.15, -0.1) is 0 Å². The molecule has 1 N–H and O–H groups in total. The van der Waals surface area contributed by atoms with E-state index in [1.807, 2.05) is 45.9 Å². The molecular formula is C16H22BNO3. The van der Waals surface area contributed by atoms with Crippen LogP contribution in [-0.4, -0.2) is 30.8 Å². The predicted octanol–water partition coefficient (Wildman–Crippen LogP) is 1.66. The normalized spacial score (nSPS) is 23.4. The Hall–Kier alpha value is -1.33. The monoisotopic (exact) mass is 287 g/mol. The summed E-state index contributed by atoms with van der Waals surface area (Å²) < 4.78 is 12.1. The highest BCUT2D eigenvalue weighted by Crippen LogP contribution is 2.36. The Balaban J connectivity index is 1.93. The molecule has 0 radical (unpaired) electrons. The molecule has 1 fully saturated rings. The van der Waals surface area contributed by atoms with Crippen molar-refractivity contribution in [3.05, 3.63) is 29.3 Å². The number of carbonyl (C=O) groups excluding carboxylic acids is 1. The highest BCUT2D eigenvalue weighted by molar-refractivity contribution is 6.62. The molecular weight excluding hydrogens is 265 g/mol. The van der Waals surface area contributed by atoms with E-state index >= 15 is 0 Å². The average Bonchev–Trinajstić information content (AvgIpc) is 2.55. The highest BCUT2D eigenvalue weighted by Gasteiger charge is 2.51. The Labute approximate surface area is 126 Å². The van der Waals surface area contributed by atoms with Gasteiger partial charge in [0.1, 0.15) is 0 Å². The fraction of sp³-hybridized carbons (Fsp3) is 0.562. The summed E-state index contributed by atoms with van der Waals surface area (Å²) in [5, 5.41) is 2.93. The first kappa shape index (κ1) is 14.6. The maximum atomic E-state index is 12.1. The number of amides is 1. The minimum Gasteiger partial charge on any atom is -0.399 e. The lowest BCUT2D eigenvalue weighted by Crippen LogP contribution is -2.41. The van der Waals surface area contributed by atoms with Gasteiger partial charge in [-0.25, -0.2) is 0 Å². The second-order valence-electron chi connectivity index (χ2n) is 6.86. The molecule has 0 spiro atoms. The molecule has 1 amide bonds. The standard InChI is InChI=1S/C16H22BNO3/c1-15(2)16(3,4)21-17(20-15)12-8-7-11-6-5-9-18-14(19)13(11)10-12/h7-8,10H,5-6,9H2,1-4H3,(H,18,19). The van der Waals surface area contributed by atoms with Gasteiger partial charge in [0, 0.05) is 12.1 Å². The summed E-state index contributed by atoms with van der Waals surface area (Å²) in [5.41, 5.74) is 2.02. The van der Waals surface area contributed by atoms with Crippen LogP contribution in [0.5, 0.6) is 0 Å². The minimum absolute atomic E-state index is 0.000803. The van der Waals surface area contributed by atoms with Gasteiger partial charge in [0.15, 0.2) is 0 Å². The molecule has 2 heterocycles. The van der Waals surface area contributed by atoms with Crippen LogP contribution in [0.2, 0.25) is 0 Å². The van der Waals surface area contributed by atoms with Crippen LogP contribution >= 0.6 is 0 Å². The molecule has 1 aromatic rings. The molecule has 0 saturated carbocycles. The van der Waals surface area contributed by atoms with Crippen molar-refractivity contribution >= 4 is 18.5 Å². The molecule has 2 aliphatic rings. The fourth-order valence-electron chi connectivity index (χ4n) is 2.73. The van der Waals surface area contributed by atoms with Crippen molar-refractivity contribution in [2.75, 3.05) is 6.54 Å². The van der Waals surface area contributed by atoms with Crippen molar-refractivity contribution in [1.82, 2.24) is 5.32 Å². The van der Waals surface area contributed by atoms with Crippen molar-refractivity contribution in [3.8, 4) is 0 Å². The lowest BCUT2D eigenvalue weighted by atomic mass is 9.77. The molecule has 1 aromatic carbocycles. The van der Waals surface area contributed by atoms with Gasteiger partial charge in [-0.1, -0.05) is 12.1 Å². The summed E-state index contributed by atoms with van der Waals surface area (Å²) in [6.45, 7) is 8.86. The van der Waals surface area contributed by atoms with Crippen LogP contribution < -0.4 is 10.8 Å². The Morgan fingerprint density at radius 2 is 1.81 bits per heavy atom. The largest absolute Gasteiger partial charge is 0.494 e. The molecule has 4 nitrogen and oxygen atoms in total. The van der Waals surface area contributed by atoms with Crippen LogP contribution in [0.1, 0.15) is 50.0 Å². The topological polar surface area (TPSA) is 47.6 Å². The third-order valence-electron chi connectivity index (χ3n) is 4.81. The van der Waals surface area contributed by atoms with Gasteiger partial charge >= 0.3 is 7.12 Å². The van der Waals surface area contributed by atoms with Crippen LogP contribution in [0, 0.1) is 0 Å². The van der Waals surface area contributed by atoms with Gasteiger partial charge in [0.05, 0.1) is 11.2 Å². The molecule has 2 aliphatic heterocycles. The van der Waals surface area contributed by atoms with E-state index in [1.165, 1.54) is 0 Å². The van der Waals surface area contributed by atoms with Gasteiger partial charge in [0.2, 0.25) is 0 Å². The quantitative estimate of drug-likeness (QED) is 0.799. The summed E-state index contributed by atoms with van der Waals surface area (Å²) >= 11 is 0. The Bertz CT molecular complexity index is 567. The van der Waals surface area contributed by atoms with Crippen LogP contribution in [0.4, 0.5) is 0 Å². The van der Waals surface area contributed by atoms with E-state index in [0.717, 1.165) is 36.0 Å². The van der Waals surface area contributed by atoms with E-state index in [-0.39, 0.29) is 17.1 Å². The molecule has 21 heavy (non-hydrogen) atoms. The zero-order chi connectivity index (χ0) is 15.3. The van der Waals surface area contributed by atoms with Gasteiger partial charge in [-0.2, -0.15) is 0 Å². The van der Waals surface area contributed by atoms with E-state index < -0.39 is 7.12 Å². The maximum absolute atomic E-state index is 12.1. The number of nitrogens with one attached hydrogen (secondary N) is 1. The lowest BCUT2D eigenvalue weighted by molar-refractivity contribution is 0.00578.